The summed E-state index contributed by atoms with van der Waals surface area (Å²) in [7, 11) is 1.49. The highest BCUT2D eigenvalue weighted by Gasteiger charge is 2.34. The summed E-state index contributed by atoms with van der Waals surface area (Å²) in [4.78, 5) is 44.0. The van der Waals surface area contributed by atoms with E-state index in [-0.39, 0.29) is 34.5 Å². The van der Waals surface area contributed by atoms with Crippen LogP contribution in [-0.2, 0) is 32.9 Å². The van der Waals surface area contributed by atoms with Gasteiger partial charge in [-0.15, -0.1) is 0 Å². The van der Waals surface area contributed by atoms with E-state index in [1.807, 2.05) is 0 Å². The number of piperidine rings is 1. The van der Waals surface area contributed by atoms with Gasteiger partial charge in [0.25, 0.3) is 11.5 Å². The maximum atomic E-state index is 14.0. The molecule has 1 amide bonds. The van der Waals surface area contributed by atoms with E-state index in [1.165, 1.54) is 65.9 Å². The fourth-order valence-corrected chi connectivity index (χ4v) is 6.78. The van der Waals surface area contributed by atoms with Crippen LogP contribution in [0.25, 0.3) is 27.6 Å². The number of nitrogens with one attached hydrogen (secondary N) is 1. The fourth-order valence-electron chi connectivity index (χ4n) is 6.29. The summed E-state index contributed by atoms with van der Waals surface area (Å²) < 4.78 is 81.8. The van der Waals surface area contributed by atoms with E-state index in [4.69, 9.17) is 11.3 Å². The molecule has 18 heteroatoms. The van der Waals surface area contributed by atoms with Gasteiger partial charge in [-0.3, -0.25) is 14.3 Å². The second-order valence-electron chi connectivity index (χ2n) is 14.1. The number of quaternary nitrogens is 1. The number of hydrogen-bond acceptors (Lipinski definition) is 8. The molecular weight excluding hydrogens is 768 g/mol. The van der Waals surface area contributed by atoms with Gasteiger partial charge in [-0.1, -0.05) is 36.4 Å². The van der Waals surface area contributed by atoms with Crippen molar-refractivity contribution in [2.75, 3.05) is 33.8 Å². The summed E-state index contributed by atoms with van der Waals surface area (Å²) in [6.07, 6.45) is -1.43. The molecule has 0 unspecified atom stereocenters. The van der Waals surface area contributed by atoms with Crippen molar-refractivity contribution in [3.8, 4) is 22.8 Å². The number of ether oxygens (including phenoxy) is 1. The van der Waals surface area contributed by atoms with E-state index in [0.29, 0.717) is 11.4 Å². The van der Waals surface area contributed by atoms with Crippen molar-refractivity contribution in [3.05, 3.63) is 124 Å². The predicted molar refractivity (Wildman–Crippen MR) is 202 cm³/mol. The van der Waals surface area contributed by atoms with Crippen molar-refractivity contribution in [1.29, 1.82) is 0 Å². The van der Waals surface area contributed by atoms with Crippen LogP contribution in [0.5, 0.6) is 0 Å². The molecular formula is C39H40F3N7O7S. The Labute approximate surface area is 326 Å². The van der Waals surface area contributed by atoms with Crippen LogP contribution in [0.15, 0.2) is 101 Å². The van der Waals surface area contributed by atoms with Crippen LogP contribution in [-0.4, -0.2) is 88.3 Å². The van der Waals surface area contributed by atoms with E-state index in [0.717, 1.165) is 47.2 Å². The lowest BCUT2D eigenvalue weighted by molar-refractivity contribution is -0.896. The van der Waals surface area contributed by atoms with E-state index in [1.54, 1.807) is 36.4 Å². The molecule has 1 atom stereocenters. The van der Waals surface area contributed by atoms with Crippen LogP contribution in [0.2, 0.25) is 0 Å². The molecule has 1 fully saturated rings. The topological polar surface area (TPSA) is 162 Å². The van der Waals surface area contributed by atoms with Gasteiger partial charge in [0.05, 0.1) is 74.1 Å². The first-order chi connectivity index (χ1) is 26.8. The minimum Gasteiger partial charge on any atom is -0.744 e. The number of hydrogen-bond donors (Lipinski definition) is 1. The minimum absolute atomic E-state index is 0.0418. The molecule has 57 heavy (non-hydrogen) atoms. The predicted octanol–water partition coefficient (Wildman–Crippen LogP) is 5.34. The molecule has 5 aromatic rings. The number of likely N-dealkylation sites (tertiary alicyclic amines) is 1. The summed E-state index contributed by atoms with van der Waals surface area (Å²) in [5.41, 5.74) is -1.21. The Balaban J connectivity index is 0.000000540. The van der Waals surface area contributed by atoms with Gasteiger partial charge in [-0.05, 0) is 55.5 Å². The van der Waals surface area contributed by atoms with E-state index >= 15 is 0 Å². The average Bonchev–Trinajstić information content (AvgIpc) is 3.75. The number of carbonyl (C=O) groups is 2. The first kappa shape index (κ1) is 42.1. The van der Waals surface area contributed by atoms with Gasteiger partial charge < -0.3 is 19.1 Å². The van der Waals surface area contributed by atoms with Crippen LogP contribution in [0.4, 0.5) is 18.9 Å². The highest BCUT2D eigenvalue weighted by Crippen LogP contribution is 2.32. The molecule has 3 heterocycles. The molecule has 2 aromatic heterocycles. The van der Waals surface area contributed by atoms with Gasteiger partial charge in [-0.2, -0.15) is 18.3 Å². The van der Waals surface area contributed by atoms with Gasteiger partial charge in [0, 0.05) is 25.8 Å². The van der Waals surface area contributed by atoms with Gasteiger partial charge in [0.15, 0.2) is 5.69 Å². The number of aromatic nitrogens is 4. The zero-order chi connectivity index (χ0) is 41.7. The zero-order valence-electron chi connectivity index (χ0n) is 31.4. The van der Waals surface area contributed by atoms with Crippen LogP contribution >= 0.6 is 0 Å². The Morgan fingerprint density at radius 3 is 2.25 bits per heavy atom. The fraction of sp³-hybridized carbons (Fsp3) is 0.308. The lowest BCUT2D eigenvalue weighted by Crippen LogP contribution is -2.47. The number of alkyl halides is 3. The molecule has 1 aliphatic rings. The lowest BCUT2D eigenvalue weighted by atomic mass is 9.97. The third-order valence-electron chi connectivity index (χ3n) is 9.50. The van der Waals surface area contributed by atoms with Crippen molar-refractivity contribution in [1.82, 2.24) is 24.5 Å². The van der Waals surface area contributed by atoms with Crippen LogP contribution in [0, 0.1) is 12.5 Å². The van der Waals surface area contributed by atoms with Crippen molar-refractivity contribution in [2.45, 2.75) is 36.9 Å². The third kappa shape index (κ3) is 10.0. The maximum Gasteiger partial charge on any atom is 0.416 e. The normalized spacial score (nSPS) is 14.8. The summed E-state index contributed by atoms with van der Waals surface area (Å²) in [6, 6.07) is 18.2. The molecule has 1 aliphatic heterocycles. The number of benzene rings is 3. The number of carbonyl (C=O) groups excluding carboxylic acids is 2. The molecule has 1 N–H and O–H groups in total. The van der Waals surface area contributed by atoms with Crippen molar-refractivity contribution in [2.24, 2.45) is 13.0 Å². The SMILES string of the molecule is O=S(=O)([O-])c1ccccc1.[C-]#[N+]c1ccc(-n2nccc2-c2c(C(=O)N[C@@H](C)C(=O)OCC3CC[N+](C)(C)CC3)c(=O)n(-c3cccc(C(F)(F)F)c3)n2C)cc1. The smallest absolute Gasteiger partial charge is 0.416 e. The molecule has 0 spiro atoms. The van der Waals surface area contributed by atoms with E-state index in [9.17, 15) is 40.5 Å². The summed E-state index contributed by atoms with van der Waals surface area (Å²) in [6.45, 7) is 10.8. The molecule has 1 saturated heterocycles. The maximum absolute atomic E-state index is 14.0. The number of rotatable bonds is 9. The lowest BCUT2D eigenvalue weighted by Gasteiger charge is -2.37. The van der Waals surface area contributed by atoms with Crippen molar-refractivity contribution in [3.63, 3.8) is 0 Å². The average molecular weight is 808 g/mol. The molecule has 6 rings (SSSR count). The zero-order valence-corrected chi connectivity index (χ0v) is 32.3. The second kappa shape index (κ2) is 17.0. The van der Waals surface area contributed by atoms with Gasteiger partial charge in [0.2, 0.25) is 0 Å². The van der Waals surface area contributed by atoms with E-state index < -0.39 is 50.9 Å². The van der Waals surface area contributed by atoms with Crippen molar-refractivity contribution < 1.29 is 45.0 Å². The number of amides is 1. The summed E-state index contributed by atoms with van der Waals surface area (Å²) in [5, 5.41) is 6.90. The molecule has 14 nitrogen and oxygen atoms in total. The quantitative estimate of drug-likeness (QED) is 0.0905. The Morgan fingerprint density at radius 1 is 1.02 bits per heavy atom. The van der Waals surface area contributed by atoms with Gasteiger partial charge in [0.1, 0.15) is 27.4 Å². The Hall–Kier alpha value is -6.03. The number of halogens is 3. The van der Waals surface area contributed by atoms with Crippen LogP contribution in [0.3, 0.4) is 0 Å². The summed E-state index contributed by atoms with van der Waals surface area (Å²) in [5.74, 6) is -1.38. The summed E-state index contributed by atoms with van der Waals surface area (Å²) >= 11 is 0. The highest BCUT2D eigenvalue weighted by molar-refractivity contribution is 7.85. The first-order valence-corrected chi connectivity index (χ1v) is 19.0. The van der Waals surface area contributed by atoms with Gasteiger partial charge in [-0.25, -0.2) is 27.4 Å². The molecule has 300 valence electrons. The minimum atomic E-state index is -4.67. The standard InChI is InChI=1S/C33H34F3N7O4.C6H6O3S/c1-21(32(46)47-20-22-14-17-43(4,5)18-15-22)39-30(44)28-29(27-13-16-38-41(27)25-11-9-24(37-2)10-12-25)40(3)42(31(28)45)26-8-6-7-23(19-26)33(34,35)36;7-10(8,9)6-4-2-1-3-5-6/h6-13,16,19,21-22H,14-15,17-18,20H2,1,3-5H3;1-5H,(H,7,8,9)/t21-;/m0./s1. The monoisotopic (exact) mass is 807 g/mol. The van der Waals surface area contributed by atoms with E-state index in [2.05, 4.69) is 29.4 Å². The Bertz CT molecular complexity index is 2440. The van der Waals surface area contributed by atoms with Crippen LogP contribution < -0.4 is 10.9 Å². The Morgan fingerprint density at radius 2 is 1.67 bits per heavy atom. The number of nitrogens with zero attached hydrogens (tertiary/aromatic N) is 6. The number of esters is 1. The molecule has 0 bridgehead atoms. The molecule has 3 aromatic carbocycles. The van der Waals surface area contributed by atoms with Gasteiger partial charge >= 0.3 is 12.1 Å². The van der Waals surface area contributed by atoms with Crippen LogP contribution in [0.1, 0.15) is 35.7 Å². The third-order valence-corrected chi connectivity index (χ3v) is 10.3. The highest BCUT2D eigenvalue weighted by atomic mass is 32.2. The largest absolute Gasteiger partial charge is 0.744 e. The second-order valence-corrected chi connectivity index (χ2v) is 15.5. The molecule has 0 saturated carbocycles. The molecule has 0 radical (unpaired) electrons. The molecule has 0 aliphatic carbocycles. The first-order valence-electron chi connectivity index (χ1n) is 17.6. The Kier molecular flexibility index (Phi) is 12.6. The van der Waals surface area contributed by atoms with Crippen molar-refractivity contribution >= 4 is 27.7 Å².